The van der Waals surface area contributed by atoms with Crippen LogP contribution in [0, 0.1) is 11.6 Å². The topological polar surface area (TPSA) is 87.5 Å². The summed E-state index contributed by atoms with van der Waals surface area (Å²) in [6.45, 7) is 0.214. The van der Waals surface area contributed by atoms with Gasteiger partial charge < -0.3 is 10.4 Å². The summed E-state index contributed by atoms with van der Waals surface area (Å²) in [6, 6.07) is 15.2. The van der Waals surface area contributed by atoms with E-state index < -0.39 is 23.2 Å². The maximum atomic E-state index is 14.6. The van der Waals surface area contributed by atoms with Crippen LogP contribution in [-0.4, -0.2) is 26.8 Å². The van der Waals surface area contributed by atoms with Gasteiger partial charge in [-0.05, 0) is 42.5 Å². The molecule has 3 aromatic carbocycles. The van der Waals surface area contributed by atoms with Gasteiger partial charge in [0.05, 0.1) is 23.5 Å². The van der Waals surface area contributed by atoms with Crippen molar-refractivity contribution >= 4 is 34.9 Å². The summed E-state index contributed by atoms with van der Waals surface area (Å²) in [5.74, 6) is -2.45. The molecule has 1 aromatic heterocycles. The average molecular weight is 477 g/mol. The molecular formula is C25H15ClF2N4O2. The zero-order valence-corrected chi connectivity index (χ0v) is 18.1. The Labute approximate surface area is 197 Å². The van der Waals surface area contributed by atoms with Crippen LogP contribution in [0.2, 0.25) is 5.02 Å². The number of carbonyl (C=O) groups is 1. The van der Waals surface area contributed by atoms with Gasteiger partial charge in [0.2, 0.25) is 5.95 Å². The summed E-state index contributed by atoms with van der Waals surface area (Å²) in [5, 5.41) is 12.5. The van der Waals surface area contributed by atoms with E-state index in [9.17, 15) is 13.6 Å². The fourth-order valence-electron chi connectivity index (χ4n) is 3.76. The van der Waals surface area contributed by atoms with Gasteiger partial charge in [-0.1, -0.05) is 29.8 Å². The van der Waals surface area contributed by atoms with Gasteiger partial charge in [0.25, 0.3) is 0 Å². The van der Waals surface area contributed by atoms with Crippen LogP contribution in [0.4, 0.5) is 20.4 Å². The van der Waals surface area contributed by atoms with Crippen molar-refractivity contribution in [3.63, 3.8) is 0 Å². The fourth-order valence-corrected chi connectivity index (χ4v) is 3.94. The van der Waals surface area contributed by atoms with E-state index in [0.29, 0.717) is 44.4 Å². The summed E-state index contributed by atoms with van der Waals surface area (Å²) in [4.78, 5) is 24.8. The Kier molecular flexibility index (Phi) is 5.51. The van der Waals surface area contributed by atoms with E-state index >= 15 is 0 Å². The number of carboxylic acid groups (broad SMARTS) is 1. The number of aliphatic imine (C=N–C) groups is 1. The molecule has 0 atom stereocenters. The lowest BCUT2D eigenvalue weighted by atomic mass is 9.95. The van der Waals surface area contributed by atoms with Crippen LogP contribution in [0.25, 0.3) is 11.3 Å². The predicted molar refractivity (Wildman–Crippen MR) is 125 cm³/mol. The SMILES string of the molecule is O=C(O)c1cc(Nc2ncc3c(n2)-c2ccc(Cl)cc2C(c2ccccc2F)=NC3)ccc1F. The lowest BCUT2D eigenvalue weighted by molar-refractivity contribution is 0.0692. The predicted octanol–water partition coefficient (Wildman–Crippen LogP) is 5.87. The number of nitrogens with one attached hydrogen (secondary N) is 1. The molecule has 0 radical (unpaired) electrons. The number of aromatic nitrogens is 2. The van der Waals surface area contributed by atoms with Crippen molar-refractivity contribution in [2.45, 2.75) is 6.54 Å². The van der Waals surface area contributed by atoms with Crippen LogP contribution in [0.1, 0.15) is 27.0 Å². The standard InChI is InChI=1S/C25H15ClF2N4O2/c26-14-5-7-16-18(9-14)23(17-3-1-2-4-20(17)27)29-11-13-12-30-25(32-22(13)16)31-15-6-8-21(28)19(10-15)24(33)34/h1-10,12H,11H2,(H,33,34)(H,30,31,32). The number of hydrogen-bond donors (Lipinski definition) is 2. The Morgan fingerprint density at radius 2 is 1.79 bits per heavy atom. The Bertz CT molecular complexity index is 1490. The van der Waals surface area contributed by atoms with Crippen molar-refractivity contribution in [3.8, 4) is 11.3 Å². The molecule has 168 valence electrons. The van der Waals surface area contributed by atoms with E-state index in [-0.39, 0.29) is 12.5 Å². The molecule has 6 nitrogen and oxygen atoms in total. The van der Waals surface area contributed by atoms with Crippen LogP contribution in [0.3, 0.4) is 0 Å². The number of benzene rings is 3. The van der Waals surface area contributed by atoms with Crippen LogP contribution in [-0.2, 0) is 6.54 Å². The second kappa shape index (κ2) is 8.64. The molecule has 0 saturated heterocycles. The van der Waals surface area contributed by atoms with Gasteiger partial charge in [-0.3, -0.25) is 4.99 Å². The minimum absolute atomic E-state index is 0.178. The minimum Gasteiger partial charge on any atom is -0.478 e. The molecule has 9 heteroatoms. The Morgan fingerprint density at radius 3 is 2.59 bits per heavy atom. The quantitative estimate of drug-likeness (QED) is 0.385. The molecule has 2 N–H and O–H groups in total. The number of hydrogen-bond acceptors (Lipinski definition) is 5. The smallest absolute Gasteiger partial charge is 0.338 e. The Hall–Kier alpha value is -4.17. The van der Waals surface area contributed by atoms with Crippen molar-refractivity contribution in [2.24, 2.45) is 4.99 Å². The molecule has 0 bridgehead atoms. The van der Waals surface area contributed by atoms with Gasteiger partial charge >= 0.3 is 5.97 Å². The second-order valence-corrected chi connectivity index (χ2v) is 7.96. The van der Waals surface area contributed by atoms with E-state index in [1.54, 1.807) is 42.6 Å². The molecule has 4 aromatic rings. The molecule has 1 aliphatic heterocycles. The molecule has 0 saturated carbocycles. The van der Waals surface area contributed by atoms with Crippen molar-refractivity contribution in [1.82, 2.24) is 9.97 Å². The highest BCUT2D eigenvalue weighted by Gasteiger charge is 2.23. The van der Waals surface area contributed by atoms with Crippen LogP contribution < -0.4 is 5.32 Å². The maximum absolute atomic E-state index is 14.6. The number of fused-ring (bicyclic) bond motifs is 3. The van der Waals surface area contributed by atoms with E-state index in [1.807, 2.05) is 0 Å². The summed E-state index contributed by atoms with van der Waals surface area (Å²) in [5.41, 5.74) is 3.23. The first-order valence-electron chi connectivity index (χ1n) is 10.2. The second-order valence-electron chi connectivity index (χ2n) is 7.53. The molecule has 0 amide bonds. The van der Waals surface area contributed by atoms with E-state index in [4.69, 9.17) is 16.7 Å². The number of anilines is 2. The summed E-state index contributed by atoms with van der Waals surface area (Å²) in [7, 11) is 0. The molecule has 34 heavy (non-hydrogen) atoms. The number of aromatic carboxylic acids is 1. The minimum atomic E-state index is -1.38. The average Bonchev–Trinajstić information content (AvgIpc) is 2.97. The number of halogens is 3. The monoisotopic (exact) mass is 476 g/mol. The van der Waals surface area contributed by atoms with Gasteiger partial charge in [0, 0.05) is 39.2 Å². The van der Waals surface area contributed by atoms with Crippen molar-refractivity contribution in [3.05, 3.63) is 106 Å². The summed E-state index contributed by atoms with van der Waals surface area (Å²) in [6.07, 6.45) is 1.60. The van der Waals surface area contributed by atoms with Crippen LogP contribution in [0.15, 0.2) is 71.9 Å². The highest BCUT2D eigenvalue weighted by Crippen LogP contribution is 2.34. The van der Waals surface area contributed by atoms with Crippen LogP contribution >= 0.6 is 11.6 Å². The first-order valence-corrected chi connectivity index (χ1v) is 10.5. The third-order valence-electron chi connectivity index (χ3n) is 5.35. The van der Waals surface area contributed by atoms with Crippen LogP contribution in [0.5, 0.6) is 0 Å². The number of carboxylic acids is 1. The zero-order chi connectivity index (χ0) is 23.8. The van der Waals surface area contributed by atoms with Gasteiger partial charge in [-0.25, -0.2) is 23.5 Å². The summed E-state index contributed by atoms with van der Waals surface area (Å²) < 4.78 is 28.4. The number of rotatable bonds is 4. The molecule has 1 aliphatic rings. The zero-order valence-electron chi connectivity index (χ0n) is 17.4. The Balaban J connectivity index is 1.60. The molecule has 2 heterocycles. The van der Waals surface area contributed by atoms with E-state index in [2.05, 4.69) is 20.3 Å². The lowest BCUT2D eigenvalue weighted by Crippen LogP contribution is -2.07. The van der Waals surface area contributed by atoms with Crippen molar-refractivity contribution in [1.29, 1.82) is 0 Å². The number of nitrogens with zero attached hydrogens (tertiary/aromatic N) is 3. The van der Waals surface area contributed by atoms with Crippen molar-refractivity contribution in [2.75, 3.05) is 5.32 Å². The molecule has 5 rings (SSSR count). The van der Waals surface area contributed by atoms with Gasteiger partial charge in [-0.2, -0.15) is 0 Å². The van der Waals surface area contributed by atoms with Gasteiger partial charge in [0.1, 0.15) is 11.6 Å². The summed E-state index contributed by atoms with van der Waals surface area (Å²) >= 11 is 6.27. The Morgan fingerprint density at radius 1 is 0.971 bits per heavy atom. The largest absolute Gasteiger partial charge is 0.478 e. The van der Waals surface area contributed by atoms with E-state index in [1.165, 1.54) is 18.2 Å². The lowest BCUT2D eigenvalue weighted by Gasteiger charge is -2.13. The van der Waals surface area contributed by atoms with Gasteiger partial charge in [0.15, 0.2) is 0 Å². The third-order valence-corrected chi connectivity index (χ3v) is 5.58. The normalized spacial score (nSPS) is 12.3. The molecule has 0 unspecified atom stereocenters. The molecule has 0 fully saturated rings. The maximum Gasteiger partial charge on any atom is 0.338 e. The molecule has 0 aliphatic carbocycles. The first-order chi connectivity index (χ1) is 16.4. The van der Waals surface area contributed by atoms with Gasteiger partial charge in [-0.15, -0.1) is 0 Å². The third kappa shape index (κ3) is 3.99. The fraction of sp³-hybridized carbons (Fsp3) is 0.0400. The first kappa shape index (κ1) is 21.7. The van der Waals surface area contributed by atoms with E-state index in [0.717, 1.165) is 6.07 Å². The highest BCUT2D eigenvalue weighted by molar-refractivity contribution is 6.31. The van der Waals surface area contributed by atoms with Crippen molar-refractivity contribution < 1.29 is 18.7 Å². The highest BCUT2D eigenvalue weighted by atomic mass is 35.5. The molecular weight excluding hydrogens is 462 g/mol. The molecule has 0 spiro atoms.